The van der Waals surface area contributed by atoms with Crippen LogP contribution in [0.3, 0.4) is 0 Å². The number of hydrogen-bond donors (Lipinski definition) is 2. The van der Waals surface area contributed by atoms with Crippen molar-refractivity contribution in [3.63, 3.8) is 0 Å². The molecule has 2 aromatic carbocycles. The maximum Gasteiger partial charge on any atom is 0.155 e. The average molecular weight is 271 g/mol. The minimum Gasteiger partial charge on any atom is -0.497 e. The van der Waals surface area contributed by atoms with Crippen molar-refractivity contribution in [2.24, 2.45) is 0 Å². The molecule has 2 N–H and O–H groups in total. The summed E-state index contributed by atoms with van der Waals surface area (Å²) in [5.74, 6) is 1.09. The number of hydrogen-bond acceptors (Lipinski definition) is 3. The molecule has 0 saturated heterocycles. The van der Waals surface area contributed by atoms with Gasteiger partial charge in [0, 0.05) is 18.0 Å². The lowest BCUT2D eigenvalue weighted by Crippen LogP contribution is -1.89. The number of rotatable bonds is 3. The fraction of sp³-hybridized carbons (Fsp3) is 0.133. The Labute approximate surface area is 115 Å². The first kappa shape index (κ1) is 12.5. The van der Waals surface area contributed by atoms with Gasteiger partial charge in [0.1, 0.15) is 11.6 Å². The lowest BCUT2D eigenvalue weighted by atomic mass is 10.0. The molecule has 0 aliphatic heterocycles. The second kappa shape index (κ2) is 4.85. The first-order chi connectivity index (χ1) is 9.72. The van der Waals surface area contributed by atoms with E-state index in [1.165, 1.54) is 6.07 Å². The Morgan fingerprint density at radius 2 is 2.05 bits per heavy atom. The number of nitrogens with one attached hydrogen (secondary N) is 2. The highest BCUT2D eigenvalue weighted by Gasteiger charge is 2.10. The SMILES string of the molecule is CNc1n[nH]c2ccc(-c3cc(OC)ccc3F)cc12. The van der Waals surface area contributed by atoms with E-state index in [0.717, 1.165) is 22.3 Å². The van der Waals surface area contributed by atoms with E-state index in [1.807, 2.05) is 18.2 Å². The summed E-state index contributed by atoms with van der Waals surface area (Å²) in [7, 11) is 3.36. The molecule has 0 atom stereocenters. The predicted octanol–water partition coefficient (Wildman–Crippen LogP) is 3.42. The van der Waals surface area contributed by atoms with Crippen molar-refractivity contribution in [1.82, 2.24) is 10.2 Å². The molecule has 3 aromatic rings. The highest BCUT2D eigenvalue weighted by atomic mass is 19.1. The van der Waals surface area contributed by atoms with Crippen molar-refractivity contribution in [3.05, 3.63) is 42.2 Å². The van der Waals surface area contributed by atoms with Crippen LogP contribution in [0.25, 0.3) is 22.0 Å². The molecule has 0 fully saturated rings. The molecule has 0 radical (unpaired) electrons. The van der Waals surface area contributed by atoms with Gasteiger partial charge in [0.05, 0.1) is 12.6 Å². The molecule has 4 nitrogen and oxygen atoms in total. The average Bonchev–Trinajstić information content (AvgIpc) is 2.90. The van der Waals surface area contributed by atoms with Crippen LogP contribution in [0.5, 0.6) is 5.75 Å². The fourth-order valence-corrected chi connectivity index (χ4v) is 2.22. The molecule has 0 saturated carbocycles. The van der Waals surface area contributed by atoms with E-state index in [-0.39, 0.29) is 5.82 Å². The highest BCUT2D eigenvalue weighted by Crippen LogP contribution is 2.31. The van der Waals surface area contributed by atoms with Crippen molar-refractivity contribution in [2.45, 2.75) is 0 Å². The van der Waals surface area contributed by atoms with Gasteiger partial charge in [-0.3, -0.25) is 5.10 Å². The van der Waals surface area contributed by atoms with Gasteiger partial charge in [-0.15, -0.1) is 0 Å². The molecule has 1 heterocycles. The Hall–Kier alpha value is -2.56. The molecule has 0 spiro atoms. The number of methoxy groups -OCH3 is 1. The van der Waals surface area contributed by atoms with Crippen molar-refractivity contribution >= 4 is 16.7 Å². The van der Waals surface area contributed by atoms with Crippen molar-refractivity contribution in [1.29, 1.82) is 0 Å². The molecular weight excluding hydrogens is 257 g/mol. The van der Waals surface area contributed by atoms with Crippen LogP contribution in [0.4, 0.5) is 10.2 Å². The van der Waals surface area contributed by atoms with Crippen LogP contribution < -0.4 is 10.1 Å². The van der Waals surface area contributed by atoms with E-state index in [9.17, 15) is 4.39 Å². The zero-order chi connectivity index (χ0) is 14.1. The molecule has 1 aromatic heterocycles. The van der Waals surface area contributed by atoms with E-state index in [2.05, 4.69) is 15.5 Å². The Balaban J connectivity index is 2.18. The molecule has 3 rings (SSSR count). The van der Waals surface area contributed by atoms with Crippen molar-refractivity contribution in [2.75, 3.05) is 19.5 Å². The summed E-state index contributed by atoms with van der Waals surface area (Å²) in [6, 6.07) is 10.4. The maximum atomic E-state index is 14.0. The van der Waals surface area contributed by atoms with Crippen LogP contribution >= 0.6 is 0 Å². The smallest absolute Gasteiger partial charge is 0.155 e. The Morgan fingerprint density at radius 3 is 2.80 bits per heavy atom. The maximum absolute atomic E-state index is 14.0. The van der Waals surface area contributed by atoms with Gasteiger partial charge in [-0.25, -0.2) is 4.39 Å². The van der Waals surface area contributed by atoms with Gasteiger partial charge in [-0.1, -0.05) is 6.07 Å². The molecule has 0 amide bonds. The van der Waals surface area contributed by atoms with Crippen LogP contribution in [0.1, 0.15) is 0 Å². The van der Waals surface area contributed by atoms with E-state index in [0.29, 0.717) is 11.3 Å². The molecule has 0 aliphatic carbocycles. The number of halogens is 1. The van der Waals surface area contributed by atoms with E-state index in [4.69, 9.17) is 4.74 Å². The summed E-state index contributed by atoms with van der Waals surface area (Å²) < 4.78 is 19.2. The Kier molecular flexibility index (Phi) is 3.02. The van der Waals surface area contributed by atoms with Gasteiger partial charge < -0.3 is 10.1 Å². The van der Waals surface area contributed by atoms with Crippen LogP contribution in [0.2, 0.25) is 0 Å². The monoisotopic (exact) mass is 271 g/mol. The number of fused-ring (bicyclic) bond motifs is 1. The largest absolute Gasteiger partial charge is 0.497 e. The van der Waals surface area contributed by atoms with Crippen LogP contribution in [-0.4, -0.2) is 24.4 Å². The van der Waals surface area contributed by atoms with Crippen LogP contribution in [-0.2, 0) is 0 Å². The Morgan fingerprint density at radius 1 is 1.20 bits per heavy atom. The summed E-state index contributed by atoms with van der Waals surface area (Å²) in [6.07, 6.45) is 0. The third-order valence-electron chi connectivity index (χ3n) is 3.28. The van der Waals surface area contributed by atoms with Gasteiger partial charge in [-0.05, 0) is 35.9 Å². The number of anilines is 1. The molecule has 5 heteroatoms. The molecule has 102 valence electrons. The normalized spacial score (nSPS) is 10.8. The van der Waals surface area contributed by atoms with E-state index >= 15 is 0 Å². The molecule has 0 bridgehead atoms. The van der Waals surface area contributed by atoms with Gasteiger partial charge in [-0.2, -0.15) is 5.10 Å². The second-order valence-corrected chi connectivity index (χ2v) is 4.43. The quantitative estimate of drug-likeness (QED) is 0.767. The summed E-state index contributed by atoms with van der Waals surface area (Å²) in [5.41, 5.74) is 2.20. The topological polar surface area (TPSA) is 49.9 Å². The van der Waals surface area contributed by atoms with Gasteiger partial charge in [0.25, 0.3) is 0 Å². The van der Waals surface area contributed by atoms with E-state index in [1.54, 1.807) is 26.3 Å². The minimum absolute atomic E-state index is 0.278. The van der Waals surface area contributed by atoms with Crippen molar-refractivity contribution in [3.8, 4) is 16.9 Å². The second-order valence-electron chi connectivity index (χ2n) is 4.43. The Bertz CT molecular complexity index is 767. The number of aromatic nitrogens is 2. The molecule has 20 heavy (non-hydrogen) atoms. The first-order valence-corrected chi connectivity index (χ1v) is 6.22. The van der Waals surface area contributed by atoms with Crippen LogP contribution in [0.15, 0.2) is 36.4 Å². The number of aromatic amines is 1. The zero-order valence-corrected chi connectivity index (χ0v) is 11.2. The third-order valence-corrected chi connectivity index (χ3v) is 3.28. The lowest BCUT2D eigenvalue weighted by molar-refractivity contribution is 0.414. The fourth-order valence-electron chi connectivity index (χ4n) is 2.22. The van der Waals surface area contributed by atoms with Crippen LogP contribution in [0, 0.1) is 5.82 Å². The number of H-pyrrole nitrogens is 1. The molecule has 0 aliphatic rings. The summed E-state index contributed by atoms with van der Waals surface area (Å²) in [5, 5.41) is 11.0. The summed E-state index contributed by atoms with van der Waals surface area (Å²) in [6.45, 7) is 0. The summed E-state index contributed by atoms with van der Waals surface area (Å²) in [4.78, 5) is 0. The van der Waals surface area contributed by atoms with Gasteiger partial charge >= 0.3 is 0 Å². The third kappa shape index (κ3) is 1.97. The first-order valence-electron chi connectivity index (χ1n) is 6.22. The van der Waals surface area contributed by atoms with E-state index < -0.39 is 0 Å². The number of benzene rings is 2. The van der Waals surface area contributed by atoms with Gasteiger partial charge in [0.2, 0.25) is 0 Å². The zero-order valence-electron chi connectivity index (χ0n) is 11.2. The minimum atomic E-state index is -0.278. The standard InChI is InChI=1S/C15H14FN3O/c1-17-15-12-7-9(3-6-14(12)18-19-15)11-8-10(20-2)4-5-13(11)16/h3-8H,1-2H3,(H2,17,18,19). The van der Waals surface area contributed by atoms with Gasteiger partial charge in [0.15, 0.2) is 5.82 Å². The predicted molar refractivity (Wildman–Crippen MR) is 77.6 cm³/mol. The number of nitrogens with zero attached hydrogens (tertiary/aromatic N) is 1. The number of ether oxygens (including phenoxy) is 1. The molecule has 0 unspecified atom stereocenters. The van der Waals surface area contributed by atoms with Crippen molar-refractivity contribution < 1.29 is 9.13 Å². The molecular formula is C15H14FN3O. The lowest BCUT2D eigenvalue weighted by Gasteiger charge is -2.07. The summed E-state index contributed by atoms with van der Waals surface area (Å²) >= 11 is 0. The highest BCUT2D eigenvalue weighted by molar-refractivity contribution is 5.93.